The monoisotopic (exact) mass is 363 g/mol. The van der Waals surface area contributed by atoms with Crippen molar-refractivity contribution in [2.45, 2.75) is 9.79 Å². The van der Waals surface area contributed by atoms with Crippen molar-refractivity contribution in [2.75, 3.05) is 0 Å². The zero-order chi connectivity index (χ0) is 14.5. The number of carboxylic acids is 2. The second-order valence-corrected chi connectivity index (χ2v) is 6.07. The molecule has 7 heteroatoms. The Morgan fingerprint density at radius 1 is 0.667 bits per heavy atom. The van der Waals surface area contributed by atoms with Crippen molar-refractivity contribution in [3.63, 3.8) is 0 Å². The number of rotatable bonds is 5. The summed E-state index contributed by atoms with van der Waals surface area (Å²) in [5.41, 5.74) is 0.273. The predicted molar refractivity (Wildman–Crippen MR) is 73.3 cm³/mol. The van der Waals surface area contributed by atoms with E-state index >= 15 is 0 Å². The van der Waals surface area contributed by atoms with Gasteiger partial charge in [0, 0.05) is 9.79 Å². The molecule has 0 atom stereocenters. The molecule has 0 saturated heterocycles. The zero-order valence-corrected chi connectivity index (χ0v) is 13.1. The molecule has 4 nitrogen and oxygen atoms in total. The average Bonchev–Trinajstić information content (AvgIpc) is 2.46. The van der Waals surface area contributed by atoms with E-state index in [1.54, 1.807) is 24.3 Å². The second-order valence-electron chi connectivity index (χ2n) is 3.79. The van der Waals surface area contributed by atoms with E-state index in [0.29, 0.717) is 0 Å². The number of carboxylic acid groups (broad SMARTS) is 2. The van der Waals surface area contributed by atoms with Crippen LogP contribution in [0.5, 0.6) is 0 Å². The molecule has 0 bridgehead atoms. The van der Waals surface area contributed by atoms with Crippen LogP contribution in [-0.2, 0) is 16.8 Å². The summed E-state index contributed by atoms with van der Waals surface area (Å²) in [6, 6.07) is 12.7. The number of hydrogen-bond acceptors (Lipinski definition) is 6. The van der Waals surface area contributed by atoms with Gasteiger partial charge in [0.05, 0.1) is 11.9 Å². The minimum absolute atomic E-state index is 0. The summed E-state index contributed by atoms with van der Waals surface area (Å²) in [7, 11) is 2.90. The topological polar surface area (TPSA) is 80.3 Å². The third-order valence-electron chi connectivity index (χ3n) is 2.41. The molecule has 0 saturated carbocycles. The largest absolute Gasteiger partial charge is 2.00 e. The summed E-state index contributed by atoms with van der Waals surface area (Å²) >= 11 is 0. The van der Waals surface area contributed by atoms with Gasteiger partial charge in [-0.2, -0.15) is 0 Å². The molecule has 0 aliphatic heterocycles. The molecular formula is C14H8CoO4S2. The van der Waals surface area contributed by atoms with Gasteiger partial charge in [-0.05, 0) is 35.4 Å². The van der Waals surface area contributed by atoms with Gasteiger partial charge < -0.3 is 19.8 Å². The smallest absolute Gasteiger partial charge is 0.545 e. The third-order valence-corrected chi connectivity index (χ3v) is 4.83. The molecule has 2 aromatic rings. The molecule has 0 aliphatic rings. The molecule has 2 rings (SSSR count). The molecule has 0 aliphatic carbocycles. The van der Waals surface area contributed by atoms with Crippen molar-refractivity contribution in [1.29, 1.82) is 0 Å². The molecule has 1 radical (unpaired) electrons. The minimum atomic E-state index is -1.20. The number of carbonyl (C=O) groups is 2. The predicted octanol–water partition coefficient (Wildman–Crippen LogP) is 1.21. The molecule has 0 spiro atoms. The van der Waals surface area contributed by atoms with E-state index in [1.165, 1.54) is 45.9 Å². The summed E-state index contributed by atoms with van der Waals surface area (Å²) in [5, 5.41) is 21.2. The molecule has 0 heterocycles. The van der Waals surface area contributed by atoms with Crippen LogP contribution in [0.3, 0.4) is 0 Å². The summed E-state index contributed by atoms with van der Waals surface area (Å²) < 4.78 is 0. The maximum Gasteiger partial charge on any atom is 2.00 e. The first-order valence-electron chi connectivity index (χ1n) is 5.53. The molecular weight excluding hydrogens is 355 g/mol. The number of carbonyl (C=O) groups excluding carboxylic acids is 2. The Labute approximate surface area is 139 Å². The van der Waals surface area contributed by atoms with Gasteiger partial charge in [-0.25, -0.2) is 0 Å². The second kappa shape index (κ2) is 8.13. The number of hydrogen-bond donors (Lipinski definition) is 0. The Bertz CT molecular complexity index is 569. The van der Waals surface area contributed by atoms with Crippen molar-refractivity contribution in [2.24, 2.45) is 0 Å². The van der Waals surface area contributed by atoms with E-state index in [-0.39, 0.29) is 27.9 Å². The van der Waals surface area contributed by atoms with E-state index < -0.39 is 11.9 Å². The van der Waals surface area contributed by atoms with Crippen LogP contribution in [0.2, 0.25) is 0 Å². The van der Waals surface area contributed by atoms with Crippen molar-refractivity contribution >= 4 is 33.5 Å². The third kappa shape index (κ3) is 5.13. The van der Waals surface area contributed by atoms with Gasteiger partial charge >= 0.3 is 16.8 Å². The maximum absolute atomic E-state index is 10.6. The summed E-state index contributed by atoms with van der Waals surface area (Å²) in [4.78, 5) is 23.0. The fourth-order valence-corrected chi connectivity index (χ4v) is 3.32. The van der Waals surface area contributed by atoms with Crippen LogP contribution in [0.1, 0.15) is 20.7 Å². The van der Waals surface area contributed by atoms with Gasteiger partial charge in [-0.3, -0.25) is 0 Å². The van der Waals surface area contributed by atoms with Gasteiger partial charge in [0.15, 0.2) is 0 Å². The molecule has 0 N–H and O–H groups in total. The summed E-state index contributed by atoms with van der Waals surface area (Å²) in [6.45, 7) is 0. The first kappa shape index (κ1) is 17.6. The molecule has 2 aromatic carbocycles. The van der Waals surface area contributed by atoms with Crippen LogP contribution in [0.15, 0.2) is 58.3 Å². The minimum Gasteiger partial charge on any atom is -0.545 e. The maximum atomic E-state index is 10.6. The fraction of sp³-hybridized carbons (Fsp3) is 0. The van der Waals surface area contributed by atoms with Gasteiger partial charge in [-0.15, -0.1) is 0 Å². The molecule has 21 heavy (non-hydrogen) atoms. The van der Waals surface area contributed by atoms with Gasteiger partial charge in [0.25, 0.3) is 0 Å². The van der Waals surface area contributed by atoms with Gasteiger partial charge in [0.1, 0.15) is 0 Å². The number of aromatic carboxylic acids is 2. The molecule has 0 amide bonds. The van der Waals surface area contributed by atoms with E-state index in [4.69, 9.17) is 0 Å². The zero-order valence-electron chi connectivity index (χ0n) is 10.4. The molecule has 0 aromatic heterocycles. The van der Waals surface area contributed by atoms with E-state index in [2.05, 4.69) is 0 Å². The van der Waals surface area contributed by atoms with Gasteiger partial charge in [0.2, 0.25) is 0 Å². The Kier molecular flexibility index (Phi) is 6.83. The Balaban J connectivity index is 0.00000220. The van der Waals surface area contributed by atoms with Gasteiger partial charge in [-0.1, -0.05) is 45.9 Å². The molecule has 0 fully saturated rings. The number of benzene rings is 2. The van der Waals surface area contributed by atoms with E-state index in [1.807, 2.05) is 0 Å². The van der Waals surface area contributed by atoms with Crippen LogP contribution < -0.4 is 10.2 Å². The standard InChI is InChI=1S/C14H10O4S2.Co/c15-13(16)9-1-5-11(6-2-9)19-20-12-7-3-10(4-8-12)14(17)18;/h1-8H,(H,15,16)(H,17,18);/q;+2/p-2. The summed E-state index contributed by atoms with van der Waals surface area (Å²) in [6.07, 6.45) is 0. The molecule has 0 unspecified atom stereocenters. The fourth-order valence-electron chi connectivity index (χ4n) is 1.39. The van der Waals surface area contributed by atoms with Crippen molar-refractivity contribution < 1.29 is 36.6 Å². The van der Waals surface area contributed by atoms with E-state index in [0.717, 1.165) is 9.79 Å². The quantitative estimate of drug-likeness (QED) is 0.743. The van der Waals surface area contributed by atoms with Crippen molar-refractivity contribution in [3.05, 3.63) is 59.7 Å². The normalized spacial score (nSPS) is 9.71. The van der Waals surface area contributed by atoms with Crippen LogP contribution in [0, 0.1) is 0 Å². The first-order valence-corrected chi connectivity index (χ1v) is 7.68. The first-order chi connectivity index (χ1) is 9.56. The van der Waals surface area contributed by atoms with Crippen LogP contribution in [0.4, 0.5) is 0 Å². The Hall–Kier alpha value is -1.41. The van der Waals surface area contributed by atoms with Crippen LogP contribution in [-0.4, -0.2) is 11.9 Å². The Morgan fingerprint density at radius 3 is 1.19 bits per heavy atom. The SMILES string of the molecule is O=C([O-])c1ccc(SSc2ccc(C(=O)[O-])cc2)cc1.[Co+2]. The summed E-state index contributed by atoms with van der Waals surface area (Å²) in [5.74, 6) is -2.40. The van der Waals surface area contributed by atoms with E-state index in [9.17, 15) is 19.8 Å². The molecule has 109 valence electrons. The average molecular weight is 363 g/mol. The Morgan fingerprint density at radius 2 is 0.952 bits per heavy atom. The van der Waals surface area contributed by atoms with Crippen LogP contribution in [0.25, 0.3) is 0 Å². The van der Waals surface area contributed by atoms with Crippen molar-refractivity contribution in [1.82, 2.24) is 0 Å². The van der Waals surface area contributed by atoms with Crippen molar-refractivity contribution in [3.8, 4) is 0 Å². The van der Waals surface area contributed by atoms with Crippen LogP contribution >= 0.6 is 21.6 Å².